The van der Waals surface area contributed by atoms with E-state index in [0.29, 0.717) is 35.8 Å². The van der Waals surface area contributed by atoms with Gasteiger partial charge in [-0.15, -0.1) is 0 Å². The summed E-state index contributed by atoms with van der Waals surface area (Å²) in [5.41, 5.74) is 0.988. The van der Waals surface area contributed by atoms with Crippen LogP contribution in [0.3, 0.4) is 0 Å². The van der Waals surface area contributed by atoms with Gasteiger partial charge in [0.15, 0.2) is 0 Å². The molecule has 1 aliphatic rings. The highest BCUT2D eigenvalue weighted by Crippen LogP contribution is 2.27. The van der Waals surface area contributed by atoms with Gasteiger partial charge >= 0.3 is 6.03 Å². The Morgan fingerprint density at radius 2 is 1.64 bits per heavy atom. The standard InChI is InChI=1S/C20H22FN3O4/c1-27-16-10-15(11-17(12-16)28-2)22-19(25)18-4-3-9-24(18)20(26)23-14-7-5-13(21)6-8-14/h5-8,10-12,18H,3-4,9H2,1-2H3,(H,22,25)(H,23,26)/t18-/m0/s1. The highest BCUT2D eigenvalue weighted by Gasteiger charge is 2.34. The minimum atomic E-state index is -0.599. The molecule has 3 rings (SSSR count). The number of halogens is 1. The number of nitrogens with one attached hydrogen (secondary N) is 2. The van der Waals surface area contributed by atoms with Crippen LogP contribution in [0.15, 0.2) is 42.5 Å². The quantitative estimate of drug-likeness (QED) is 0.823. The second-order valence-electron chi connectivity index (χ2n) is 6.38. The molecule has 3 amide bonds. The van der Waals surface area contributed by atoms with Gasteiger partial charge in [0, 0.05) is 36.1 Å². The lowest BCUT2D eigenvalue weighted by Gasteiger charge is -2.24. The van der Waals surface area contributed by atoms with Crippen LogP contribution in [0, 0.1) is 5.82 Å². The molecule has 1 saturated heterocycles. The number of hydrogen-bond acceptors (Lipinski definition) is 4. The SMILES string of the molecule is COc1cc(NC(=O)[C@@H]2CCCN2C(=O)Nc2ccc(F)cc2)cc(OC)c1. The van der Waals surface area contributed by atoms with Crippen molar-refractivity contribution in [2.75, 3.05) is 31.4 Å². The Balaban J connectivity index is 1.69. The van der Waals surface area contributed by atoms with E-state index in [9.17, 15) is 14.0 Å². The van der Waals surface area contributed by atoms with Gasteiger partial charge in [0.05, 0.1) is 14.2 Å². The monoisotopic (exact) mass is 387 g/mol. The topological polar surface area (TPSA) is 79.9 Å². The number of rotatable bonds is 5. The molecule has 2 aromatic rings. The van der Waals surface area contributed by atoms with Crippen molar-refractivity contribution in [1.82, 2.24) is 4.90 Å². The largest absolute Gasteiger partial charge is 0.497 e. The lowest BCUT2D eigenvalue weighted by Crippen LogP contribution is -2.45. The zero-order chi connectivity index (χ0) is 20.1. The summed E-state index contributed by atoms with van der Waals surface area (Å²) in [5.74, 6) is 0.422. The van der Waals surface area contributed by atoms with Crippen molar-refractivity contribution in [3.05, 3.63) is 48.3 Å². The molecule has 0 spiro atoms. The first-order valence-electron chi connectivity index (χ1n) is 8.87. The Bertz CT molecular complexity index is 835. The van der Waals surface area contributed by atoms with E-state index in [1.54, 1.807) is 18.2 Å². The highest BCUT2D eigenvalue weighted by atomic mass is 19.1. The molecule has 1 heterocycles. The number of hydrogen-bond donors (Lipinski definition) is 2. The predicted octanol–water partition coefficient (Wildman–Crippen LogP) is 3.48. The molecular formula is C20H22FN3O4. The number of amides is 3. The third kappa shape index (κ3) is 4.51. The van der Waals surface area contributed by atoms with E-state index in [0.717, 1.165) is 6.42 Å². The summed E-state index contributed by atoms with van der Waals surface area (Å²) in [6.07, 6.45) is 1.28. The summed E-state index contributed by atoms with van der Waals surface area (Å²) in [6.45, 7) is 0.465. The Hall–Kier alpha value is -3.29. The van der Waals surface area contributed by atoms with Crippen LogP contribution in [0.4, 0.5) is 20.6 Å². The van der Waals surface area contributed by atoms with Gasteiger partial charge in [-0.05, 0) is 37.1 Å². The van der Waals surface area contributed by atoms with Gasteiger partial charge in [0.1, 0.15) is 23.4 Å². The molecule has 0 aromatic heterocycles. The molecule has 2 N–H and O–H groups in total. The van der Waals surface area contributed by atoms with Crippen molar-refractivity contribution < 1.29 is 23.5 Å². The maximum atomic E-state index is 13.0. The molecule has 0 unspecified atom stereocenters. The van der Waals surface area contributed by atoms with Crippen LogP contribution in [0.2, 0.25) is 0 Å². The van der Waals surface area contributed by atoms with Gasteiger partial charge in [-0.2, -0.15) is 0 Å². The third-order valence-electron chi connectivity index (χ3n) is 4.53. The molecule has 1 atom stereocenters. The van der Waals surface area contributed by atoms with Crippen molar-refractivity contribution >= 4 is 23.3 Å². The molecule has 0 saturated carbocycles. The fraction of sp³-hybridized carbons (Fsp3) is 0.300. The van der Waals surface area contributed by atoms with Gasteiger partial charge in [-0.1, -0.05) is 0 Å². The number of carbonyl (C=O) groups is 2. The van der Waals surface area contributed by atoms with Gasteiger partial charge in [-0.3, -0.25) is 4.79 Å². The first-order chi connectivity index (χ1) is 13.5. The summed E-state index contributed by atoms with van der Waals surface area (Å²) >= 11 is 0. The number of benzene rings is 2. The average molecular weight is 387 g/mol. The maximum absolute atomic E-state index is 13.0. The molecule has 0 aliphatic carbocycles. The maximum Gasteiger partial charge on any atom is 0.322 e. The van der Waals surface area contributed by atoms with E-state index < -0.39 is 12.1 Å². The Morgan fingerprint density at radius 1 is 1.00 bits per heavy atom. The van der Waals surface area contributed by atoms with Crippen molar-refractivity contribution in [2.24, 2.45) is 0 Å². The molecule has 28 heavy (non-hydrogen) atoms. The van der Waals surface area contributed by atoms with E-state index in [1.807, 2.05) is 0 Å². The summed E-state index contributed by atoms with van der Waals surface area (Å²) in [4.78, 5) is 26.8. The van der Waals surface area contributed by atoms with Gasteiger partial charge in [-0.25, -0.2) is 9.18 Å². The van der Waals surface area contributed by atoms with Crippen molar-refractivity contribution in [3.63, 3.8) is 0 Å². The molecule has 0 radical (unpaired) electrons. The lowest BCUT2D eigenvalue weighted by molar-refractivity contribution is -0.119. The van der Waals surface area contributed by atoms with E-state index >= 15 is 0 Å². The average Bonchev–Trinajstić information content (AvgIpc) is 3.19. The Labute approximate surface area is 162 Å². The predicted molar refractivity (Wildman–Crippen MR) is 103 cm³/mol. The number of anilines is 2. The number of ether oxygens (including phenoxy) is 2. The van der Waals surface area contributed by atoms with E-state index in [4.69, 9.17) is 9.47 Å². The fourth-order valence-corrected chi connectivity index (χ4v) is 3.12. The second kappa shape index (κ2) is 8.60. The van der Waals surface area contributed by atoms with Crippen LogP contribution < -0.4 is 20.1 Å². The number of nitrogens with zero attached hydrogens (tertiary/aromatic N) is 1. The molecular weight excluding hydrogens is 365 g/mol. The minimum absolute atomic E-state index is 0.290. The molecule has 1 aliphatic heterocycles. The van der Waals surface area contributed by atoms with Crippen molar-refractivity contribution in [3.8, 4) is 11.5 Å². The van der Waals surface area contributed by atoms with Crippen LogP contribution in [0.25, 0.3) is 0 Å². The molecule has 0 bridgehead atoms. The fourth-order valence-electron chi connectivity index (χ4n) is 3.12. The smallest absolute Gasteiger partial charge is 0.322 e. The third-order valence-corrected chi connectivity index (χ3v) is 4.53. The first kappa shape index (κ1) is 19.5. The first-order valence-corrected chi connectivity index (χ1v) is 8.87. The van der Waals surface area contributed by atoms with Gasteiger partial charge in [0.2, 0.25) is 5.91 Å². The molecule has 1 fully saturated rings. The Morgan fingerprint density at radius 3 is 2.25 bits per heavy atom. The number of carbonyl (C=O) groups excluding carboxylic acids is 2. The van der Waals surface area contributed by atoms with Crippen LogP contribution in [0.5, 0.6) is 11.5 Å². The molecule has 148 valence electrons. The van der Waals surface area contributed by atoms with Crippen LogP contribution >= 0.6 is 0 Å². The normalized spacial score (nSPS) is 15.8. The van der Waals surface area contributed by atoms with E-state index in [1.165, 1.54) is 43.4 Å². The highest BCUT2D eigenvalue weighted by molar-refractivity contribution is 5.99. The zero-order valence-corrected chi connectivity index (χ0v) is 15.7. The summed E-state index contributed by atoms with van der Waals surface area (Å²) in [6, 6.07) is 9.54. The number of methoxy groups -OCH3 is 2. The van der Waals surface area contributed by atoms with Crippen LogP contribution in [-0.4, -0.2) is 43.6 Å². The number of urea groups is 1. The summed E-state index contributed by atoms with van der Waals surface area (Å²) in [7, 11) is 3.05. The minimum Gasteiger partial charge on any atom is -0.497 e. The van der Waals surface area contributed by atoms with E-state index in [-0.39, 0.29) is 11.7 Å². The molecule has 7 nitrogen and oxygen atoms in total. The van der Waals surface area contributed by atoms with Gasteiger partial charge in [0.25, 0.3) is 0 Å². The second-order valence-corrected chi connectivity index (χ2v) is 6.38. The van der Waals surface area contributed by atoms with Crippen molar-refractivity contribution in [2.45, 2.75) is 18.9 Å². The molecule has 2 aromatic carbocycles. The van der Waals surface area contributed by atoms with Gasteiger partial charge < -0.3 is 25.0 Å². The van der Waals surface area contributed by atoms with Crippen LogP contribution in [0.1, 0.15) is 12.8 Å². The number of likely N-dealkylation sites (tertiary alicyclic amines) is 1. The summed E-state index contributed by atoms with van der Waals surface area (Å²) in [5, 5.41) is 5.52. The molecule has 8 heteroatoms. The zero-order valence-electron chi connectivity index (χ0n) is 15.7. The van der Waals surface area contributed by atoms with E-state index in [2.05, 4.69) is 10.6 Å². The Kier molecular flexibility index (Phi) is 5.98. The lowest BCUT2D eigenvalue weighted by atomic mass is 10.2. The van der Waals surface area contributed by atoms with Crippen LogP contribution in [-0.2, 0) is 4.79 Å². The summed E-state index contributed by atoms with van der Waals surface area (Å²) < 4.78 is 23.4. The van der Waals surface area contributed by atoms with Crippen molar-refractivity contribution in [1.29, 1.82) is 0 Å².